The standard InChI is InChI=1S/C17H15FN2O3S2/c1-3-17(2)10-11(24-13-12(17)25-16(23)19-13)15(22)20(14(10)21)9-6-4-8(18)5-7-9/h4-7,10-11H,3H2,1-2H3,(H,19,23)/t10-,11-,17+/m1/s1. The van der Waals surface area contributed by atoms with Gasteiger partial charge in [0.25, 0.3) is 0 Å². The zero-order valence-corrected chi connectivity index (χ0v) is 15.2. The Morgan fingerprint density at radius 1 is 1.20 bits per heavy atom. The van der Waals surface area contributed by atoms with Crippen LogP contribution in [0.25, 0.3) is 0 Å². The van der Waals surface area contributed by atoms with Gasteiger partial charge in [-0.05, 0) is 30.7 Å². The number of benzene rings is 1. The van der Waals surface area contributed by atoms with Crippen LogP contribution in [0.15, 0.2) is 34.1 Å². The summed E-state index contributed by atoms with van der Waals surface area (Å²) in [6.07, 6.45) is 0.631. The average Bonchev–Trinajstić information content (AvgIpc) is 3.08. The first-order valence-electron chi connectivity index (χ1n) is 7.90. The van der Waals surface area contributed by atoms with E-state index >= 15 is 0 Å². The predicted octanol–water partition coefficient (Wildman–Crippen LogP) is 2.91. The predicted molar refractivity (Wildman–Crippen MR) is 94.6 cm³/mol. The van der Waals surface area contributed by atoms with Crippen molar-refractivity contribution in [2.24, 2.45) is 5.92 Å². The van der Waals surface area contributed by atoms with Gasteiger partial charge >= 0.3 is 4.87 Å². The molecule has 0 radical (unpaired) electrons. The molecule has 1 saturated heterocycles. The number of nitrogens with zero attached hydrogens (tertiary/aromatic N) is 1. The maximum atomic E-state index is 13.2. The zero-order chi connectivity index (χ0) is 17.9. The summed E-state index contributed by atoms with van der Waals surface area (Å²) in [5.74, 6) is -1.57. The number of nitrogens with one attached hydrogen (secondary N) is 1. The molecule has 2 aliphatic rings. The van der Waals surface area contributed by atoms with Gasteiger partial charge in [0.2, 0.25) is 11.8 Å². The van der Waals surface area contributed by atoms with Crippen molar-refractivity contribution in [3.63, 3.8) is 0 Å². The summed E-state index contributed by atoms with van der Waals surface area (Å²) in [5.41, 5.74) is -0.210. The Balaban J connectivity index is 1.83. The van der Waals surface area contributed by atoms with E-state index in [9.17, 15) is 18.8 Å². The second kappa shape index (κ2) is 5.54. The summed E-state index contributed by atoms with van der Waals surface area (Å²) in [6, 6.07) is 5.35. The van der Waals surface area contributed by atoms with Crippen molar-refractivity contribution in [2.45, 2.75) is 36.0 Å². The minimum Gasteiger partial charge on any atom is -0.307 e. The number of carbonyl (C=O) groups excluding carboxylic acids is 2. The van der Waals surface area contributed by atoms with Gasteiger partial charge < -0.3 is 4.98 Å². The van der Waals surface area contributed by atoms with Crippen LogP contribution in [0.4, 0.5) is 10.1 Å². The summed E-state index contributed by atoms with van der Waals surface area (Å²) in [5, 5.41) is 0.1000. The topological polar surface area (TPSA) is 70.2 Å². The molecule has 5 nitrogen and oxygen atoms in total. The van der Waals surface area contributed by atoms with E-state index in [0.29, 0.717) is 17.1 Å². The molecule has 2 aromatic rings. The molecule has 3 heterocycles. The smallest absolute Gasteiger partial charge is 0.305 e. The second-order valence-corrected chi connectivity index (χ2v) is 8.58. The van der Waals surface area contributed by atoms with Gasteiger partial charge in [0.05, 0.1) is 16.6 Å². The van der Waals surface area contributed by atoms with Gasteiger partial charge in [0.1, 0.15) is 11.1 Å². The number of carbonyl (C=O) groups is 2. The molecule has 2 aliphatic heterocycles. The molecule has 0 saturated carbocycles. The number of amides is 2. The molecule has 0 unspecified atom stereocenters. The Bertz CT molecular complexity index is 936. The largest absolute Gasteiger partial charge is 0.307 e. The van der Waals surface area contributed by atoms with Crippen molar-refractivity contribution in [3.8, 4) is 0 Å². The molecule has 1 aromatic heterocycles. The van der Waals surface area contributed by atoms with Crippen LogP contribution in [-0.4, -0.2) is 22.0 Å². The lowest BCUT2D eigenvalue weighted by atomic mass is 9.72. The van der Waals surface area contributed by atoms with Gasteiger partial charge in [0.15, 0.2) is 0 Å². The highest BCUT2D eigenvalue weighted by Gasteiger charge is 2.60. The summed E-state index contributed by atoms with van der Waals surface area (Å²) < 4.78 is 13.2. The van der Waals surface area contributed by atoms with Gasteiger partial charge in [-0.3, -0.25) is 14.4 Å². The number of hydrogen-bond acceptors (Lipinski definition) is 5. The fraction of sp³-hybridized carbons (Fsp3) is 0.353. The molecule has 1 fully saturated rings. The van der Waals surface area contributed by atoms with Gasteiger partial charge in [0, 0.05) is 10.3 Å². The van der Waals surface area contributed by atoms with Crippen LogP contribution in [-0.2, 0) is 15.0 Å². The van der Waals surface area contributed by atoms with E-state index in [-0.39, 0.29) is 16.7 Å². The first-order chi connectivity index (χ1) is 11.9. The Kier molecular flexibility index (Phi) is 3.66. The number of rotatable bonds is 2. The van der Waals surface area contributed by atoms with E-state index in [4.69, 9.17) is 0 Å². The molecule has 0 spiro atoms. The van der Waals surface area contributed by atoms with E-state index in [1.807, 2.05) is 13.8 Å². The number of thiazole rings is 1. The van der Waals surface area contributed by atoms with Crippen LogP contribution in [0.2, 0.25) is 0 Å². The molecule has 8 heteroatoms. The van der Waals surface area contributed by atoms with Gasteiger partial charge in [-0.1, -0.05) is 36.9 Å². The van der Waals surface area contributed by atoms with E-state index in [0.717, 1.165) is 21.1 Å². The Morgan fingerprint density at radius 2 is 1.88 bits per heavy atom. The van der Waals surface area contributed by atoms with Crippen LogP contribution in [0.3, 0.4) is 0 Å². The normalized spacial score (nSPS) is 28.2. The molecule has 4 rings (SSSR count). The fourth-order valence-electron chi connectivity index (χ4n) is 3.64. The number of imide groups is 1. The highest BCUT2D eigenvalue weighted by molar-refractivity contribution is 8.00. The number of hydrogen-bond donors (Lipinski definition) is 1. The third-order valence-electron chi connectivity index (χ3n) is 5.14. The second-order valence-electron chi connectivity index (χ2n) is 6.45. The minimum atomic E-state index is -0.587. The lowest BCUT2D eigenvalue weighted by Crippen LogP contribution is -2.43. The van der Waals surface area contributed by atoms with Crippen molar-refractivity contribution < 1.29 is 14.0 Å². The number of fused-ring (bicyclic) bond motifs is 2. The number of halogens is 1. The molecule has 0 bridgehead atoms. The van der Waals surface area contributed by atoms with Crippen LogP contribution in [0.1, 0.15) is 25.1 Å². The number of H-pyrrole nitrogens is 1. The maximum Gasteiger partial charge on any atom is 0.305 e. The Morgan fingerprint density at radius 3 is 2.52 bits per heavy atom. The van der Waals surface area contributed by atoms with E-state index in [1.165, 1.54) is 36.0 Å². The van der Waals surface area contributed by atoms with Gasteiger partial charge in [-0.2, -0.15) is 0 Å². The summed E-state index contributed by atoms with van der Waals surface area (Å²) in [7, 11) is 0. The van der Waals surface area contributed by atoms with Crippen molar-refractivity contribution in [1.29, 1.82) is 0 Å². The molecule has 1 N–H and O–H groups in total. The number of thioether (sulfide) groups is 1. The summed E-state index contributed by atoms with van der Waals surface area (Å²) in [4.78, 5) is 42.5. The van der Waals surface area contributed by atoms with E-state index < -0.39 is 22.4 Å². The Hall–Kier alpha value is -1.93. The van der Waals surface area contributed by atoms with Gasteiger partial charge in [-0.25, -0.2) is 9.29 Å². The van der Waals surface area contributed by atoms with E-state index in [1.54, 1.807) is 0 Å². The Labute approximate surface area is 151 Å². The van der Waals surface area contributed by atoms with Gasteiger partial charge in [-0.15, -0.1) is 0 Å². The third kappa shape index (κ3) is 2.23. The van der Waals surface area contributed by atoms with Crippen molar-refractivity contribution >= 4 is 40.6 Å². The van der Waals surface area contributed by atoms with E-state index in [2.05, 4.69) is 4.98 Å². The number of aromatic nitrogens is 1. The lowest BCUT2D eigenvalue weighted by Gasteiger charge is -2.38. The van der Waals surface area contributed by atoms with Crippen LogP contribution < -0.4 is 9.77 Å². The highest BCUT2D eigenvalue weighted by Crippen LogP contribution is 2.55. The molecule has 1 aromatic carbocycles. The fourth-order valence-corrected chi connectivity index (χ4v) is 6.46. The number of aromatic amines is 1. The lowest BCUT2D eigenvalue weighted by molar-refractivity contribution is -0.123. The summed E-state index contributed by atoms with van der Waals surface area (Å²) in [6.45, 7) is 3.89. The van der Waals surface area contributed by atoms with Crippen LogP contribution >= 0.6 is 23.1 Å². The zero-order valence-electron chi connectivity index (χ0n) is 13.5. The third-order valence-corrected chi connectivity index (χ3v) is 7.70. The maximum absolute atomic E-state index is 13.2. The molecule has 130 valence electrons. The molecule has 3 atom stereocenters. The van der Waals surface area contributed by atoms with Crippen molar-refractivity contribution in [2.75, 3.05) is 4.90 Å². The van der Waals surface area contributed by atoms with Crippen LogP contribution in [0.5, 0.6) is 0 Å². The first-order valence-corrected chi connectivity index (χ1v) is 9.60. The van der Waals surface area contributed by atoms with Crippen molar-refractivity contribution in [3.05, 3.63) is 44.6 Å². The highest BCUT2D eigenvalue weighted by atomic mass is 32.2. The number of anilines is 1. The SMILES string of the molecule is CC[C@]1(C)c2sc(=O)[nH]c2S[C@H]2C(=O)N(c3ccc(F)cc3)C(=O)[C@@H]21. The molecule has 0 aliphatic carbocycles. The molecular formula is C17H15FN2O3S2. The molecule has 25 heavy (non-hydrogen) atoms. The minimum absolute atomic E-state index is 0.174. The average molecular weight is 378 g/mol. The summed E-state index contributed by atoms with van der Waals surface area (Å²) >= 11 is 2.36. The monoisotopic (exact) mass is 378 g/mol. The quantitative estimate of drug-likeness (QED) is 0.816. The first kappa shape index (κ1) is 16.5. The van der Waals surface area contributed by atoms with Crippen molar-refractivity contribution in [1.82, 2.24) is 4.98 Å². The molecular weight excluding hydrogens is 363 g/mol. The van der Waals surface area contributed by atoms with Crippen LogP contribution in [0, 0.1) is 11.7 Å². The molecule has 2 amide bonds.